The van der Waals surface area contributed by atoms with Gasteiger partial charge in [0.05, 0.1) is 23.8 Å². The SMILES string of the molecule is S=C1NCCc2nc(N3CCOCC3)sc21. The van der Waals surface area contributed by atoms with Crippen LogP contribution in [0.15, 0.2) is 0 Å². The molecule has 0 atom stereocenters. The van der Waals surface area contributed by atoms with Crippen molar-refractivity contribution in [2.24, 2.45) is 0 Å². The molecule has 0 radical (unpaired) electrons. The molecule has 0 aromatic carbocycles. The Hall–Kier alpha value is -0.720. The van der Waals surface area contributed by atoms with Crippen LogP contribution in [0.1, 0.15) is 10.6 Å². The number of aromatic nitrogens is 1. The van der Waals surface area contributed by atoms with Gasteiger partial charge < -0.3 is 15.0 Å². The largest absolute Gasteiger partial charge is 0.378 e. The van der Waals surface area contributed by atoms with Gasteiger partial charge in [-0.15, -0.1) is 0 Å². The van der Waals surface area contributed by atoms with Crippen molar-refractivity contribution in [3.63, 3.8) is 0 Å². The molecule has 0 amide bonds. The van der Waals surface area contributed by atoms with Crippen LogP contribution in [-0.4, -0.2) is 42.8 Å². The molecule has 2 aliphatic rings. The van der Waals surface area contributed by atoms with E-state index in [0.717, 1.165) is 60.0 Å². The molecule has 86 valence electrons. The molecule has 3 heterocycles. The predicted molar refractivity (Wildman–Crippen MR) is 68.6 cm³/mol. The number of nitrogens with zero attached hydrogens (tertiary/aromatic N) is 2. The number of rotatable bonds is 1. The number of hydrogen-bond donors (Lipinski definition) is 1. The average Bonchev–Trinajstić information content (AvgIpc) is 2.76. The summed E-state index contributed by atoms with van der Waals surface area (Å²) in [4.78, 5) is 8.99. The number of fused-ring (bicyclic) bond motifs is 1. The van der Waals surface area contributed by atoms with Gasteiger partial charge in [-0.05, 0) is 0 Å². The normalized spacial score (nSPS) is 20.5. The molecule has 6 heteroatoms. The number of nitrogens with one attached hydrogen (secondary N) is 1. The van der Waals surface area contributed by atoms with Gasteiger partial charge in [0, 0.05) is 26.1 Å². The van der Waals surface area contributed by atoms with E-state index in [4.69, 9.17) is 17.0 Å². The summed E-state index contributed by atoms with van der Waals surface area (Å²) in [5, 5.41) is 4.31. The van der Waals surface area contributed by atoms with Gasteiger partial charge in [0.25, 0.3) is 0 Å². The van der Waals surface area contributed by atoms with Crippen molar-refractivity contribution >= 4 is 33.7 Å². The lowest BCUT2D eigenvalue weighted by atomic mass is 10.2. The Morgan fingerprint density at radius 2 is 2.19 bits per heavy atom. The molecule has 4 nitrogen and oxygen atoms in total. The third kappa shape index (κ3) is 1.81. The summed E-state index contributed by atoms with van der Waals surface area (Å²) in [5.41, 5.74) is 1.16. The van der Waals surface area contributed by atoms with Gasteiger partial charge in [-0.2, -0.15) is 0 Å². The van der Waals surface area contributed by atoms with Crippen LogP contribution in [0.4, 0.5) is 5.13 Å². The molecule has 0 spiro atoms. The highest BCUT2D eigenvalue weighted by Crippen LogP contribution is 2.29. The van der Waals surface area contributed by atoms with Crippen LogP contribution in [0.3, 0.4) is 0 Å². The third-order valence-electron chi connectivity index (χ3n) is 2.82. The van der Waals surface area contributed by atoms with Crippen molar-refractivity contribution in [1.82, 2.24) is 10.3 Å². The Morgan fingerprint density at radius 1 is 1.38 bits per heavy atom. The van der Waals surface area contributed by atoms with E-state index in [1.807, 2.05) is 0 Å². The molecule has 0 unspecified atom stereocenters. The fourth-order valence-corrected chi connectivity index (χ4v) is 3.38. The number of thiazole rings is 1. The highest BCUT2D eigenvalue weighted by atomic mass is 32.1. The summed E-state index contributed by atoms with van der Waals surface area (Å²) in [6.07, 6.45) is 0.982. The quantitative estimate of drug-likeness (QED) is 0.751. The lowest BCUT2D eigenvalue weighted by Gasteiger charge is -2.25. The van der Waals surface area contributed by atoms with Gasteiger partial charge in [-0.1, -0.05) is 23.6 Å². The number of ether oxygens (including phenoxy) is 1. The van der Waals surface area contributed by atoms with Crippen molar-refractivity contribution < 1.29 is 4.74 Å². The predicted octanol–water partition coefficient (Wildman–Crippen LogP) is 0.801. The first kappa shape index (κ1) is 10.4. The van der Waals surface area contributed by atoms with E-state index in [0.29, 0.717) is 0 Å². The fourth-order valence-electron chi connectivity index (χ4n) is 1.95. The minimum absolute atomic E-state index is 0.799. The highest BCUT2D eigenvalue weighted by Gasteiger charge is 2.22. The first-order chi connectivity index (χ1) is 7.84. The standard InChI is InChI=1S/C10H13N3OS2/c15-9-8-7(1-2-11-9)12-10(16-8)13-3-5-14-6-4-13/h1-6H2,(H,11,15). The second kappa shape index (κ2) is 4.27. The van der Waals surface area contributed by atoms with E-state index in [1.54, 1.807) is 11.3 Å². The molecular formula is C10H13N3OS2. The van der Waals surface area contributed by atoms with Crippen LogP contribution in [-0.2, 0) is 11.2 Å². The molecule has 1 aromatic heterocycles. The van der Waals surface area contributed by atoms with E-state index in [-0.39, 0.29) is 0 Å². The molecule has 3 rings (SSSR count). The second-order valence-electron chi connectivity index (χ2n) is 3.88. The van der Waals surface area contributed by atoms with E-state index in [2.05, 4.69) is 15.2 Å². The maximum atomic E-state index is 5.34. The Kier molecular flexibility index (Phi) is 2.79. The highest BCUT2D eigenvalue weighted by molar-refractivity contribution is 7.81. The zero-order chi connectivity index (χ0) is 11.0. The second-order valence-corrected chi connectivity index (χ2v) is 5.26. The minimum Gasteiger partial charge on any atom is -0.378 e. The minimum atomic E-state index is 0.799. The molecule has 1 N–H and O–H groups in total. The topological polar surface area (TPSA) is 37.4 Å². The van der Waals surface area contributed by atoms with Crippen LogP contribution < -0.4 is 10.2 Å². The molecule has 1 saturated heterocycles. The maximum absolute atomic E-state index is 5.34. The number of anilines is 1. The number of hydrogen-bond acceptors (Lipinski definition) is 5. The summed E-state index contributed by atoms with van der Waals surface area (Å²) < 4.78 is 5.34. The van der Waals surface area contributed by atoms with Gasteiger partial charge in [0.2, 0.25) is 0 Å². The molecular weight excluding hydrogens is 242 g/mol. The van der Waals surface area contributed by atoms with Gasteiger partial charge in [0.15, 0.2) is 5.13 Å². The number of thiocarbonyl (C=S) groups is 1. The molecule has 0 saturated carbocycles. The van der Waals surface area contributed by atoms with E-state index >= 15 is 0 Å². The monoisotopic (exact) mass is 255 g/mol. The van der Waals surface area contributed by atoms with E-state index in [1.165, 1.54) is 0 Å². The van der Waals surface area contributed by atoms with Crippen molar-refractivity contribution in [3.8, 4) is 0 Å². The van der Waals surface area contributed by atoms with Gasteiger partial charge in [-0.25, -0.2) is 4.98 Å². The van der Waals surface area contributed by atoms with Gasteiger partial charge >= 0.3 is 0 Å². The van der Waals surface area contributed by atoms with Crippen LogP contribution in [0.5, 0.6) is 0 Å². The maximum Gasteiger partial charge on any atom is 0.186 e. The molecule has 1 fully saturated rings. The summed E-state index contributed by atoms with van der Waals surface area (Å²) in [6, 6.07) is 0. The summed E-state index contributed by atoms with van der Waals surface area (Å²) in [7, 11) is 0. The van der Waals surface area contributed by atoms with Crippen molar-refractivity contribution in [2.45, 2.75) is 6.42 Å². The smallest absolute Gasteiger partial charge is 0.186 e. The molecule has 1 aromatic rings. The lowest BCUT2D eigenvalue weighted by Crippen LogP contribution is -2.36. The number of morpholine rings is 1. The lowest BCUT2D eigenvalue weighted by molar-refractivity contribution is 0.122. The van der Waals surface area contributed by atoms with Crippen molar-refractivity contribution in [3.05, 3.63) is 10.6 Å². The van der Waals surface area contributed by atoms with Crippen LogP contribution in [0, 0.1) is 0 Å². The summed E-state index contributed by atoms with van der Waals surface area (Å²) in [5.74, 6) is 0. The first-order valence-corrected chi connectivity index (χ1v) is 6.67. The van der Waals surface area contributed by atoms with Crippen molar-refractivity contribution in [2.75, 3.05) is 37.7 Å². The van der Waals surface area contributed by atoms with Crippen LogP contribution in [0.25, 0.3) is 0 Å². The van der Waals surface area contributed by atoms with Crippen molar-refractivity contribution in [1.29, 1.82) is 0 Å². The molecule has 0 aliphatic carbocycles. The van der Waals surface area contributed by atoms with Gasteiger partial charge in [0.1, 0.15) is 4.99 Å². The van der Waals surface area contributed by atoms with E-state index in [9.17, 15) is 0 Å². The first-order valence-electron chi connectivity index (χ1n) is 5.45. The van der Waals surface area contributed by atoms with E-state index < -0.39 is 0 Å². The molecule has 16 heavy (non-hydrogen) atoms. The summed E-state index contributed by atoms with van der Waals surface area (Å²) >= 11 is 7.00. The average molecular weight is 255 g/mol. The van der Waals surface area contributed by atoms with Crippen LogP contribution in [0.2, 0.25) is 0 Å². The summed E-state index contributed by atoms with van der Waals surface area (Å²) in [6.45, 7) is 4.39. The Bertz CT molecular complexity index is 412. The molecule has 2 aliphatic heterocycles. The third-order valence-corrected chi connectivity index (χ3v) is 4.47. The Morgan fingerprint density at radius 3 is 2.94 bits per heavy atom. The van der Waals surface area contributed by atoms with Crippen LogP contribution >= 0.6 is 23.6 Å². The molecule has 0 bridgehead atoms. The Labute approximate surface area is 104 Å². The van der Waals surface area contributed by atoms with Gasteiger partial charge in [-0.3, -0.25) is 0 Å². The zero-order valence-corrected chi connectivity index (χ0v) is 10.5. The zero-order valence-electron chi connectivity index (χ0n) is 8.86. The fraction of sp³-hybridized carbons (Fsp3) is 0.600. The Balaban J connectivity index is 1.88.